The Morgan fingerprint density at radius 3 is 2.50 bits per heavy atom. The lowest BCUT2D eigenvalue weighted by atomic mass is 10.2. The number of aryl methyl sites for hydroxylation is 1. The highest BCUT2D eigenvalue weighted by atomic mass is 16.3. The van der Waals surface area contributed by atoms with E-state index in [-0.39, 0.29) is 11.8 Å². The number of anilines is 1. The van der Waals surface area contributed by atoms with Gasteiger partial charge < -0.3 is 19.5 Å². The molecule has 1 fully saturated rings. The molecule has 2 N–H and O–H groups in total. The van der Waals surface area contributed by atoms with Gasteiger partial charge in [0.1, 0.15) is 0 Å². The number of nitrogens with zero attached hydrogens (tertiary/aromatic N) is 1. The maximum atomic E-state index is 12.2. The van der Waals surface area contributed by atoms with Gasteiger partial charge in [0, 0.05) is 5.69 Å². The Morgan fingerprint density at radius 1 is 1.17 bits per heavy atom. The fourth-order valence-electron chi connectivity index (χ4n) is 2.83. The zero-order valence-corrected chi connectivity index (χ0v) is 13.7. The molecule has 1 aliphatic heterocycles. The van der Waals surface area contributed by atoms with Gasteiger partial charge in [-0.3, -0.25) is 9.59 Å². The van der Waals surface area contributed by atoms with E-state index >= 15 is 0 Å². The van der Waals surface area contributed by atoms with E-state index in [0.29, 0.717) is 25.4 Å². The van der Waals surface area contributed by atoms with E-state index < -0.39 is 0 Å². The van der Waals surface area contributed by atoms with E-state index in [1.54, 1.807) is 17.0 Å². The van der Waals surface area contributed by atoms with Crippen molar-refractivity contribution in [3.8, 4) is 0 Å². The number of hydrogen-bond donors (Lipinski definition) is 2. The fourth-order valence-corrected chi connectivity index (χ4v) is 2.83. The minimum absolute atomic E-state index is 0.000311. The molecule has 0 spiro atoms. The molecule has 1 aliphatic rings. The third-order valence-corrected chi connectivity index (χ3v) is 4.24. The molecule has 0 atom stereocenters. The number of rotatable bonds is 4. The van der Waals surface area contributed by atoms with Crippen LogP contribution in [0.1, 0.15) is 16.1 Å². The highest BCUT2D eigenvalue weighted by molar-refractivity contribution is 5.92. The lowest BCUT2D eigenvalue weighted by molar-refractivity contribution is -0.895. The summed E-state index contributed by atoms with van der Waals surface area (Å²) < 4.78 is 5.15. The van der Waals surface area contributed by atoms with Crippen molar-refractivity contribution in [2.45, 2.75) is 6.92 Å². The molecule has 1 saturated heterocycles. The number of carbonyl (C=O) groups excluding carboxylic acids is 2. The van der Waals surface area contributed by atoms with Crippen molar-refractivity contribution in [1.82, 2.24) is 4.90 Å². The zero-order valence-electron chi connectivity index (χ0n) is 13.7. The second kappa shape index (κ2) is 7.31. The number of furan rings is 1. The maximum Gasteiger partial charge on any atom is 0.289 e. The van der Waals surface area contributed by atoms with E-state index in [9.17, 15) is 9.59 Å². The maximum absolute atomic E-state index is 12.2. The van der Waals surface area contributed by atoms with Crippen LogP contribution >= 0.6 is 0 Å². The van der Waals surface area contributed by atoms with Crippen LogP contribution in [-0.2, 0) is 4.79 Å². The lowest BCUT2D eigenvalue weighted by Gasteiger charge is -2.31. The van der Waals surface area contributed by atoms with Gasteiger partial charge in [0.05, 0.1) is 32.4 Å². The van der Waals surface area contributed by atoms with Gasteiger partial charge in [-0.25, -0.2) is 0 Å². The topological polar surface area (TPSA) is 67.0 Å². The van der Waals surface area contributed by atoms with Gasteiger partial charge in [0.15, 0.2) is 12.3 Å². The van der Waals surface area contributed by atoms with Gasteiger partial charge >= 0.3 is 0 Å². The summed E-state index contributed by atoms with van der Waals surface area (Å²) in [6, 6.07) is 11.1. The van der Waals surface area contributed by atoms with Crippen molar-refractivity contribution in [2.75, 3.05) is 38.0 Å². The molecule has 6 heteroatoms. The Hall–Kier alpha value is -2.60. The normalized spacial score (nSPS) is 15.3. The average molecular weight is 328 g/mol. The van der Waals surface area contributed by atoms with Crippen LogP contribution in [-0.4, -0.2) is 49.4 Å². The Labute approximate surface area is 141 Å². The molecule has 1 aromatic carbocycles. The third kappa shape index (κ3) is 4.02. The summed E-state index contributed by atoms with van der Waals surface area (Å²) in [7, 11) is 0. The number of hydrogen-bond acceptors (Lipinski definition) is 3. The Balaban J connectivity index is 1.46. The van der Waals surface area contributed by atoms with Gasteiger partial charge in [-0.15, -0.1) is 0 Å². The summed E-state index contributed by atoms with van der Waals surface area (Å²) in [6.45, 7) is 5.21. The summed E-state index contributed by atoms with van der Waals surface area (Å²) in [6.07, 6.45) is 1.50. The van der Waals surface area contributed by atoms with Crippen molar-refractivity contribution < 1.29 is 18.9 Å². The molecule has 1 aromatic heterocycles. The molecule has 2 amide bonds. The summed E-state index contributed by atoms with van der Waals surface area (Å²) >= 11 is 0. The van der Waals surface area contributed by atoms with Gasteiger partial charge in [-0.2, -0.15) is 0 Å². The van der Waals surface area contributed by atoms with Crippen LogP contribution in [0.4, 0.5) is 5.69 Å². The van der Waals surface area contributed by atoms with Crippen molar-refractivity contribution in [2.24, 2.45) is 0 Å². The molecule has 3 rings (SSSR count). The van der Waals surface area contributed by atoms with Gasteiger partial charge in [0.25, 0.3) is 11.8 Å². The molecular weight excluding hydrogens is 306 g/mol. The number of carbonyl (C=O) groups is 2. The molecule has 0 bridgehead atoms. The second-order valence-corrected chi connectivity index (χ2v) is 6.11. The molecule has 0 saturated carbocycles. The molecule has 0 aliphatic carbocycles. The number of quaternary nitrogens is 1. The standard InChI is InChI=1S/C18H21N3O3/c1-14-4-6-15(7-5-14)19-17(22)13-20-8-10-21(11-9-20)18(23)16-3-2-12-24-16/h2-7,12H,8-11,13H2,1H3,(H,19,22)/p+1. The predicted octanol–water partition coefficient (Wildman–Crippen LogP) is 0.567. The lowest BCUT2D eigenvalue weighted by Crippen LogP contribution is -3.15. The van der Waals surface area contributed by atoms with Crippen molar-refractivity contribution >= 4 is 17.5 Å². The minimum Gasteiger partial charge on any atom is -0.459 e. The zero-order chi connectivity index (χ0) is 16.9. The van der Waals surface area contributed by atoms with E-state index in [1.165, 1.54) is 11.2 Å². The van der Waals surface area contributed by atoms with Gasteiger partial charge in [-0.1, -0.05) is 17.7 Å². The van der Waals surface area contributed by atoms with Crippen LogP contribution in [0.3, 0.4) is 0 Å². The van der Waals surface area contributed by atoms with Crippen LogP contribution in [0.25, 0.3) is 0 Å². The SMILES string of the molecule is Cc1ccc(NC(=O)C[NH+]2CCN(C(=O)c3ccco3)CC2)cc1. The van der Waals surface area contributed by atoms with Crippen LogP contribution in [0, 0.1) is 6.92 Å². The highest BCUT2D eigenvalue weighted by Gasteiger charge is 2.26. The Kier molecular flexibility index (Phi) is 4.96. The molecule has 0 radical (unpaired) electrons. The predicted molar refractivity (Wildman–Crippen MR) is 90.0 cm³/mol. The molecule has 2 aromatic rings. The second-order valence-electron chi connectivity index (χ2n) is 6.11. The van der Waals surface area contributed by atoms with E-state index in [1.807, 2.05) is 31.2 Å². The number of nitrogens with one attached hydrogen (secondary N) is 2. The first kappa shape index (κ1) is 16.3. The first-order valence-corrected chi connectivity index (χ1v) is 8.15. The summed E-state index contributed by atoms with van der Waals surface area (Å²) in [5.41, 5.74) is 1.98. The minimum atomic E-state index is -0.0804. The fraction of sp³-hybridized carbons (Fsp3) is 0.333. The first-order valence-electron chi connectivity index (χ1n) is 8.15. The Bertz CT molecular complexity index is 687. The average Bonchev–Trinajstić information content (AvgIpc) is 3.11. The summed E-state index contributed by atoms with van der Waals surface area (Å²) in [5.74, 6) is 0.290. The molecule has 2 heterocycles. The number of benzene rings is 1. The molecular formula is C18H22N3O3+. The van der Waals surface area contributed by atoms with Crippen molar-refractivity contribution in [1.29, 1.82) is 0 Å². The van der Waals surface area contributed by atoms with Crippen LogP contribution in [0.5, 0.6) is 0 Å². The van der Waals surface area contributed by atoms with E-state index in [2.05, 4.69) is 5.32 Å². The van der Waals surface area contributed by atoms with Crippen LogP contribution in [0.15, 0.2) is 47.1 Å². The molecule has 126 valence electrons. The monoisotopic (exact) mass is 328 g/mol. The number of amides is 2. The van der Waals surface area contributed by atoms with Crippen molar-refractivity contribution in [3.05, 3.63) is 54.0 Å². The summed E-state index contributed by atoms with van der Waals surface area (Å²) in [4.78, 5) is 27.3. The smallest absolute Gasteiger partial charge is 0.289 e. The molecule has 0 unspecified atom stereocenters. The molecule has 6 nitrogen and oxygen atoms in total. The van der Waals surface area contributed by atoms with Crippen LogP contribution in [0.2, 0.25) is 0 Å². The Morgan fingerprint density at radius 2 is 1.88 bits per heavy atom. The van der Waals surface area contributed by atoms with Gasteiger partial charge in [0.2, 0.25) is 0 Å². The van der Waals surface area contributed by atoms with E-state index in [4.69, 9.17) is 4.42 Å². The van der Waals surface area contributed by atoms with Gasteiger partial charge in [-0.05, 0) is 31.2 Å². The first-order chi connectivity index (χ1) is 11.6. The molecule has 24 heavy (non-hydrogen) atoms. The highest BCUT2D eigenvalue weighted by Crippen LogP contribution is 2.08. The van der Waals surface area contributed by atoms with Crippen molar-refractivity contribution in [3.63, 3.8) is 0 Å². The quantitative estimate of drug-likeness (QED) is 0.862. The largest absolute Gasteiger partial charge is 0.459 e. The summed E-state index contributed by atoms with van der Waals surface area (Å²) in [5, 5.41) is 2.92. The van der Waals surface area contributed by atoms with E-state index in [0.717, 1.165) is 24.3 Å². The number of piperazine rings is 1. The van der Waals surface area contributed by atoms with Crippen LogP contribution < -0.4 is 10.2 Å². The third-order valence-electron chi connectivity index (χ3n) is 4.24.